The van der Waals surface area contributed by atoms with E-state index in [4.69, 9.17) is 0 Å². The number of hydrogen-bond donors (Lipinski definition) is 0. The van der Waals surface area contributed by atoms with Gasteiger partial charge in [0.25, 0.3) is 0 Å². The summed E-state index contributed by atoms with van der Waals surface area (Å²) in [5, 5.41) is 1.88. The first-order valence-corrected chi connectivity index (χ1v) is 24.1. The van der Waals surface area contributed by atoms with Crippen molar-refractivity contribution in [3.63, 3.8) is 0 Å². The molecule has 1 aromatic carbocycles. The van der Waals surface area contributed by atoms with Gasteiger partial charge in [0.1, 0.15) is 0 Å². The van der Waals surface area contributed by atoms with E-state index in [9.17, 15) is 0 Å². The summed E-state index contributed by atoms with van der Waals surface area (Å²) in [6.45, 7) is 0. The maximum absolute atomic E-state index is 2.73. The van der Waals surface area contributed by atoms with Crippen LogP contribution in [0.4, 0.5) is 0 Å². The predicted octanol–water partition coefficient (Wildman–Crippen LogP) is 14.2. The minimum absolute atomic E-state index is 0. The van der Waals surface area contributed by atoms with E-state index in [1.54, 1.807) is 37.7 Å². The Morgan fingerprint density at radius 2 is 0.878 bits per heavy atom. The number of nitrogens with zero attached hydrogens (tertiary/aromatic N) is 1. The molecule has 3 atom stereocenters. The third kappa shape index (κ3) is 11.8. The van der Waals surface area contributed by atoms with E-state index in [1.807, 2.05) is 5.30 Å². The molecule has 4 heteroatoms. The quantitative estimate of drug-likeness (QED) is 0.138. The van der Waals surface area contributed by atoms with Crippen LogP contribution in [0.2, 0.25) is 0 Å². The standard InChI is InChI=1S/C38H63NP2.C5H10.2CH3.Fe/c1-39(2)38(35-27-17-29-37(35)41(32-22-11-5-12-23-32)33-24-13-6-14-25-33)34-26-15-16-28-36(34)40(30-18-7-3-8-19-30)31-20-9-4-10-21-31;1-2-4-5-3-1;;;/h15-16,26,28,30-33,35,37-38H,3-14,17-25,27,29H2,1-2H3;1-5H2;2*1H3;/q;;2*-1;+2/t35?,37?,38-;;;;/m0..../s1. The molecule has 282 valence electrons. The van der Waals surface area contributed by atoms with Crippen LogP contribution >= 0.6 is 15.8 Å². The van der Waals surface area contributed by atoms with Crippen molar-refractivity contribution < 1.29 is 17.1 Å². The van der Waals surface area contributed by atoms with Crippen molar-refractivity contribution in [1.82, 2.24) is 4.90 Å². The first-order chi connectivity index (χ1) is 22.7. The molecule has 6 saturated carbocycles. The van der Waals surface area contributed by atoms with Gasteiger partial charge >= 0.3 is 17.1 Å². The Hall–Kier alpha value is 0.559. The molecular formula is C45H79FeNP2. The zero-order valence-electron chi connectivity index (χ0n) is 32.8. The van der Waals surface area contributed by atoms with E-state index in [-0.39, 0.29) is 47.8 Å². The largest absolute Gasteiger partial charge is 2.00 e. The van der Waals surface area contributed by atoms with E-state index in [1.165, 1.54) is 148 Å². The Morgan fingerprint density at radius 3 is 1.31 bits per heavy atom. The average molecular weight is 752 g/mol. The van der Waals surface area contributed by atoms with Gasteiger partial charge in [-0.3, -0.25) is 0 Å². The smallest absolute Gasteiger partial charge is 0.358 e. The molecule has 0 amide bonds. The zero-order valence-corrected chi connectivity index (χ0v) is 35.7. The van der Waals surface area contributed by atoms with E-state index >= 15 is 0 Å². The Bertz CT molecular complexity index is 944. The Kier molecular flexibility index (Phi) is 21.0. The second-order valence-corrected chi connectivity index (χ2v) is 22.7. The van der Waals surface area contributed by atoms with Crippen LogP contribution in [-0.4, -0.2) is 47.3 Å². The molecule has 1 nitrogen and oxygen atoms in total. The van der Waals surface area contributed by atoms with Gasteiger partial charge in [-0.1, -0.05) is 156 Å². The van der Waals surface area contributed by atoms with Gasteiger partial charge in [0, 0.05) is 6.04 Å². The van der Waals surface area contributed by atoms with Crippen LogP contribution in [0.5, 0.6) is 0 Å². The summed E-state index contributed by atoms with van der Waals surface area (Å²) in [7, 11) is 5.01. The van der Waals surface area contributed by atoms with Gasteiger partial charge in [0.2, 0.25) is 0 Å². The van der Waals surface area contributed by atoms with Crippen LogP contribution in [-0.2, 0) is 17.1 Å². The van der Waals surface area contributed by atoms with Crippen LogP contribution in [0.1, 0.15) is 191 Å². The average Bonchev–Trinajstić information content (AvgIpc) is 3.85. The van der Waals surface area contributed by atoms with Crippen LogP contribution in [0, 0.1) is 20.8 Å². The Labute approximate surface area is 320 Å². The number of hydrogen-bond acceptors (Lipinski definition) is 1. The van der Waals surface area contributed by atoms with Gasteiger partial charge < -0.3 is 19.8 Å². The topological polar surface area (TPSA) is 3.24 Å². The van der Waals surface area contributed by atoms with Crippen LogP contribution in [0.15, 0.2) is 24.3 Å². The van der Waals surface area contributed by atoms with Crippen molar-refractivity contribution in [3.8, 4) is 0 Å². The molecule has 6 aliphatic rings. The summed E-state index contributed by atoms with van der Waals surface area (Å²) in [5.74, 6) is 0.885. The third-order valence-corrected chi connectivity index (χ3v) is 21.3. The van der Waals surface area contributed by atoms with Crippen molar-refractivity contribution >= 4 is 21.1 Å². The second kappa shape index (κ2) is 23.4. The summed E-state index contributed by atoms with van der Waals surface area (Å²) < 4.78 is 0. The first-order valence-electron chi connectivity index (χ1n) is 21.0. The molecule has 0 N–H and O–H groups in total. The summed E-state index contributed by atoms with van der Waals surface area (Å²) in [4.78, 5) is 2.73. The summed E-state index contributed by atoms with van der Waals surface area (Å²) in [5.41, 5.74) is 6.99. The van der Waals surface area contributed by atoms with Gasteiger partial charge in [0.05, 0.1) is 0 Å². The molecule has 7 rings (SSSR count). The van der Waals surface area contributed by atoms with Crippen LogP contribution < -0.4 is 5.30 Å². The van der Waals surface area contributed by atoms with Gasteiger partial charge in [-0.05, 0) is 123 Å². The third-order valence-electron chi connectivity index (χ3n) is 13.6. The molecule has 6 fully saturated rings. The first kappa shape index (κ1) is 44.0. The van der Waals surface area contributed by atoms with Crippen molar-refractivity contribution in [2.45, 2.75) is 214 Å². The van der Waals surface area contributed by atoms with Crippen LogP contribution in [0.25, 0.3) is 0 Å². The molecule has 0 aromatic heterocycles. The second-order valence-electron chi connectivity index (χ2n) is 16.9. The molecule has 1 aromatic rings. The van der Waals surface area contributed by atoms with Gasteiger partial charge in [-0.25, -0.2) is 0 Å². The molecule has 0 bridgehead atoms. The minimum Gasteiger partial charge on any atom is -0.358 e. The van der Waals surface area contributed by atoms with E-state index < -0.39 is 0 Å². The summed E-state index contributed by atoms with van der Waals surface area (Å²) >= 11 is 0. The minimum atomic E-state index is -0.0597. The molecule has 0 radical (unpaired) electrons. The van der Waals surface area contributed by atoms with E-state index in [0.29, 0.717) is 6.04 Å². The Morgan fingerprint density at radius 1 is 0.490 bits per heavy atom. The molecule has 0 aliphatic heterocycles. The van der Waals surface area contributed by atoms with Crippen molar-refractivity contribution in [1.29, 1.82) is 0 Å². The molecule has 0 saturated heterocycles. The van der Waals surface area contributed by atoms with Crippen LogP contribution in [0.3, 0.4) is 0 Å². The van der Waals surface area contributed by atoms with Crippen molar-refractivity contribution in [2.75, 3.05) is 14.1 Å². The molecule has 0 spiro atoms. The van der Waals surface area contributed by atoms with Gasteiger partial charge in [-0.15, -0.1) is 0 Å². The molecule has 0 heterocycles. The maximum atomic E-state index is 2.73. The molecule has 2 unspecified atom stereocenters. The van der Waals surface area contributed by atoms with E-state index in [2.05, 4.69) is 43.3 Å². The maximum Gasteiger partial charge on any atom is 2.00 e. The predicted molar refractivity (Wildman–Crippen MR) is 221 cm³/mol. The fraction of sp³-hybridized carbons (Fsp3) is 0.822. The van der Waals surface area contributed by atoms with Crippen molar-refractivity contribution in [3.05, 3.63) is 44.7 Å². The molecular weight excluding hydrogens is 672 g/mol. The fourth-order valence-corrected chi connectivity index (χ4v) is 20.3. The molecule has 49 heavy (non-hydrogen) atoms. The zero-order chi connectivity index (χ0) is 31.6. The van der Waals surface area contributed by atoms with Gasteiger partial charge in [-0.2, -0.15) is 0 Å². The van der Waals surface area contributed by atoms with E-state index in [0.717, 1.165) is 34.2 Å². The SMILES string of the molecule is C1CCCC1.CN(C)[C@@H](c1ccccc1P(C1CCCCC1)C1CCCCC1)C1CCCC1P(C1CCCCC1)C1CCCCC1.[CH3-].[CH3-].[Fe+2]. The van der Waals surface area contributed by atoms with Gasteiger partial charge in [0.15, 0.2) is 0 Å². The Balaban J connectivity index is 0.000000748. The summed E-state index contributed by atoms with van der Waals surface area (Å²) in [6.07, 6.45) is 42.5. The monoisotopic (exact) mass is 752 g/mol. The number of benzene rings is 1. The number of rotatable bonds is 9. The van der Waals surface area contributed by atoms with Crippen molar-refractivity contribution in [2.24, 2.45) is 5.92 Å². The normalized spacial score (nSPS) is 26.8. The summed E-state index contributed by atoms with van der Waals surface area (Å²) in [6, 6.07) is 10.8. The fourth-order valence-electron chi connectivity index (χ4n) is 11.5. The molecule has 6 aliphatic carbocycles.